The first-order chi connectivity index (χ1) is 10.0. The maximum Gasteiger partial charge on any atom is 0.244 e. The Hall–Kier alpha value is -2.00. The Bertz CT molecular complexity index is 698. The van der Waals surface area contributed by atoms with Gasteiger partial charge in [0.1, 0.15) is 4.90 Å². The molecule has 0 fully saturated rings. The molecule has 0 saturated carbocycles. The molecule has 2 aromatic rings. The Morgan fingerprint density at radius 1 is 1.38 bits per heavy atom. The van der Waals surface area contributed by atoms with E-state index in [1.54, 1.807) is 13.0 Å². The summed E-state index contributed by atoms with van der Waals surface area (Å²) in [5, 5.41) is 6.64. The molecule has 0 aliphatic carbocycles. The molecule has 0 aromatic carbocycles. The summed E-state index contributed by atoms with van der Waals surface area (Å²) < 4.78 is 32.0. The Kier molecular flexibility index (Phi) is 4.86. The minimum absolute atomic E-state index is 0.119. The van der Waals surface area contributed by atoms with Gasteiger partial charge in [-0.1, -0.05) is 5.16 Å². The van der Waals surface area contributed by atoms with Crippen LogP contribution in [0.2, 0.25) is 0 Å². The summed E-state index contributed by atoms with van der Waals surface area (Å²) in [6.45, 7) is 4.38. The van der Waals surface area contributed by atoms with Crippen LogP contribution in [0.1, 0.15) is 18.6 Å². The van der Waals surface area contributed by atoms with Gasteiger partial charge in [0.2, 0.25) is 15.9 Å². The monoisotopic (exact) mass is 311 g/mol. The highest BCUT2D eigenvalue weighted by Crippen LogP contribution is 2.18. The van der Waals surface area contributed by atoms with Gasteiger partial charge in [-0.2, -0.15) is 4.98 Å². The number of hydrogen-bond donors (Lipinski definition) is 2. The number of rotatable bonds is 7. The molecule has 2 N–H and O–H groups in total. The third-order valence-electron chi connectivity index (χ3n) is 2.64. The van der Waals surface area contributed by atoms with E-state index in [1.807, 2.05) is 6.92 Å². The van der Waals surface area contributed by atoms with Gasteiger partial charge in [0, 0.05) is 31.9 Å². The number of aryl methyl sites for hydroxylation is 1. The van der Waals surface area contributed by atoms with Crippen LogP contribution >= 0.6 is 0 Å². The first-order valence-corrected chi connectivity index (χ1v) is 7.98. The van der Waals surface area contributed by atoms with Gasteiger partial charge in [0.25, 0.3) is 0 Å². The van der Waals surface area contributed by atoms with Gasteiger partial charge in [-0.05, 0) is 19.9 Å². The fraction of sp³-hybridized carbons (Fsp3) is 0.417. The van der Waals surface area contributed by atoms with Crippen molar-refractivity contribution in [3.63, 3.8) is 0 Å². The van der Waals surface area contributed by atoms with Crippen LogP contribution in [0.5, 0.6) is 0 Å². The van der Waals surface area contributed by atoms with Gasteiger partial charge in [0.15, 0.2) is 5.82 Å². The molecule has 8 nitrogen and oxygen atoms in total. The predicted molar refractivity (Wildman–Crippen MR) is 76.3 cm³/mol. The zero-order chi connectivity index (χ0) is 15.3. The third kappa shape index (κ3) is 3.99. The molecule has 21 heavy (non-hydrogen) atoms. The van der Waals surface area contributed by atoms with Crippen LogP contribution < -0.4 is 10.0 Å². The van der Waals surface area contributed by atoms with E-state index >= 15 is 0 Å². The summed E-state index contributed by atoms with van der Waals surface area (Å²) in [6.07, 6.45) is 3.19. The van der Waals surface area contributed by atoms with Crippen LogP contribution in [-0.4, -0.2) is 36.6 Å². The van der Waals surface area contributed by atoms with E-state index in [1.165, 1.54) is 12.4 Å². The normalized spacial score (nSPS) is 11.5. The van der Waals surface area contributed by atoms with Crippen molar-refractivity contribution >= 4 is 15.7 Å². The SMILES string of the molecule is CCNc1ccncc1S(=O)(=O)NCCc1nc(C)no1. The lowest BCUT2D eigenvalue weighted by atomic mass is 10.4. The zero-order valence-electron chi connectivity index (χ0n) is 11.8. The number of nitrogens with one attached hydrogen (secondary N) is 2. The molecule has 0 radical (unpaired) electrons. The maximum absolute atomic E-state index is 12.3. The summed E-state index contributed by atoms with van der Waals surface area (Å²) in [5.74, 6) is 0.919. The van der Waals surface area contributed by atoms with Crippen LogP contribution in [0, 0.1) is 6.92 Å². The Morgan fingerprint density at radius 2 is 2.19 bits per heavy atom. The minimum atomic E-state index is -3.64. The van der Waals surface area contributed by atoms with E-state index in [0.717, 1.165) is 0 Å². The molecule has 2 rings (SSSR count). The maximum atomic E-state index is 12.3. The average molecular weight is 311 g/mol. The fourth-order valence-corrected chi connectivity index (χ4v) is 2.90. The number of sulfonamides is 1. The van der Waals surface area contributed by atoms with Crippen molar-refractivity contribution in [1.29, 1.82) is 0 Å². The van der Waals surface area contributed by atoms with Crippen molar-refractivity contribution < 1.29 is 12.9 Å². The van der Waals surface area contributed by atoms with Crippen molar-refractivity contribution in [1.82, 2.24) is 19.8 Å². The average Bonchev–Trinajstić information content (AvgIpc) is 2.85. The van der Waals surface area contributed by atoms with Crippen molar-refractivity contribution in [2.24, 2.45) is 0 Å². The number of nitrogens with zero attached hydrogens (tertiary/aromatic N) is 3. The van der Waals surface area contributed by atoms with Crippen LogP contribution in [-0.2, 0) is 16.4 Å². The molecule has 0 aliphatic heterocycles. The summed E-state index contributed by atoms with van der Waals surface area (Å²) in [6, 6.07) is 1.62. The first-order valence-electron chi connectivity index (χ1n) is 6.49. The number of anilines is 1. The molecule has 0 atom stereocenters. The van der Waals surface area contributed by atoms with Crippen molar-refractivity contribution in [2.45, 2.75) is 25.2 Å². The summed E-state index contributed by atoms with van der Waals surface area (Å²) in [5.41, 5.74) is 0.522. The van der Waals surface area contributed by atoms with Gasteiger partial charge in [-0.25, -0.2) is 13.1 Å². The Labute approximate surface area is 123 Å². The third-order valence-corrected chi connectivity index (χ3v) is 4.13. The van der Waals surface area contributed by atoms with Gasteiger partial charge >= 0.3 is 0 Å². The quantitative estimate of drug-likeness (QED) is 0.775. The lowest BCUT2D eigenvalue weighted by Crippen LogP contribution is -2.27. The van der Waals surface area contributed by atoms with E-state index in [2.05, 4.69) is 25.2 Å². The molecule has 2 aromatic heterocycles. The van der Waals surface area contributed by atoms with E-state index in [9.17, 15) is 8.42 Å². The van der Waals surface area contributed by atoms with E-state index in [0.29, 0.717) is 30.4 Å². The van der Waals surface area contributed by atoms with Crippen molar-refractivity contribution in [3.05, 3.63) is 30.2 Å². The number of hydrogen-bond acceptors (Lipinski definition) is 7. The molecular formula is C12H17N5O3S. The second kappa shape index (κ2) is 6.64. The van der Waals surface area contributed by atoms with Crippen LogP contribution in [0.15, 0.2) is 27.9 Å². The van der Waals surface area contributed by atoms with Crippen LogP contribution in [0.25, 0.3) is 0 Å². The Morgan fingerprint density at radius 3 is 2.86 bits per heavy atom. The topological polar surface area (TPSA) is 110 Å². The van der Waals surface area contributed by atoms with E-state index in [-0.39, 0.29) is 11.4 Å². The lowest BCUT2D eigenvalue weighted by molar-refractivity contribution is 0.375. The molecular weight excluding hydrogens is 294 g/mol. The summed E-state index contributed by atoms with van der Waals surface area (Å²) >= 11 is 0. The molecule has 0 amide bonds. The fourth-order valence-electron chi connectivity index (χ4n) is 1.74. The molecule has 0 aliphatic rings. The van der Waals surface area contributed by atoms with Crippen LogP contribution in [0.3, 0.4) is 0 Å². The van der Waals surface area contributed by atoms with Gasteiger partial charge in [-0.15, -0.1) is 0 Å². The van der Waals surface area contributed by atoms with Crippen LogP contribution in [0.4, 0.5) is 5.69 Å². The highest BCUT2D eigenvalue weighted by Gasteiger charge is 2.18. The number of pyridine rings is 1. The second-order valence-corrected chi connectivity index (χ2v) is 6.02. The lowest BCUT2D eigenvalue weighted by Gasteiger charge is -2.11. The smallest absolute Gasteiger partial charge is 0.244 e. The van der Waals surface area contributed by atoms with Gasteiger partial charge in [-0.3, -0.25) is 4.98 Å². The highest BCUT2D eigenvalue weighted by molar-refractivity contribution is 7.89. The largest absolute Gasteiger partial charge is 0.384 e. The molecule has 0 unspecified atom stereocenters. The molecule has 0 spiro atoms. The molecule has 0 bridgehead atoms. The summed E-state index contributed by atoms with van der Waals surface area (Å²) in [7, 11) is -3.64. The van der Waals surface area contributed by atoms with E-state index in [4.69, 9.17) is 4.52 Å². The summed E-state index contributed by atoms with van der Waals surface area (Å²) in [4.78, 5) is 8.00. The van der Waals surface area contributed by atoms with E-state index < -0.39 is 10.0 Å². The minimum Gasteiger partial charge on any atom is -0.384 e. The molecule has 2 heterocycles. The Balaban J connectivity index is 2.04. The predicted octanol–water partition coefficient (Wildman–Crippen LogP) is 0.726. The van der Waals surface area contributed by atoms with Crippen molar-refractivity contribution in [2.75, 3.05) is 18.4 Å². The van der Waals surface area contributed by atoms with Gasteiger partial charge in [0.05, 0.1) is 5.69 Å². The zero-order valence-corrected chi connectivity index (χ0v) is 12.6. The molecule has 9 heteroatoms. The number of aromatic nitrogens is 3. The standard InChI is InChI=1S/C12H17N5O3S/c1-3-14-10-4-6-13-8-11(10)21(18,19)15-7-5-12-16-9(2)17-20-12/h4,6,8,15H,3,5,7H2,1-2H3,(H,13,14). The van der Waals surface area contributed by atoms with Gasteiger partial charge < -0.3 is 9.84 Å². The molecule has 114 valence electrons. The first kappa shape index (κ1) is 15.4. The highest BCUT2D eigenvalue weighted by atomic mass is 32.2. The van der Waals surface area contributed by atoms with Crippen molar-refractivity contribution in [3.8, 4) is 0 Å². The molecule has 0 saturated heterocycles. The second-order valence-electron chi connectivity index (χ2n) is 4.29.